The molecule has 1 aromatic carbocycles. The maximum absolute atomic E-state index is 3.50. The largest absolute Gasteiger partial charge is 0.369 e. The van der Waals surface area contributed by atoms with Crippen molar-refractivity contribution in [3.8, 4) is 0 Å². The zero-order valence-corrected chi connectivity index (χ0v) is 13.4. The van der Waals surface area contributed by atoms with Gasteiger partial charge in [-0.3, -0.25) is 0 Å². The van der Waals surface area contributed by atoms with E-state index in [0.717, 1.165) is 19.1 Å². The van der Waals surface area contributed by atoms with Gasteiger partial charge in [-0.05, 0) is 68.8 Å². The van der Waals surface area contributed by atoms with Gasteiger partial charge in [-0.1, -0.05) is 19.9 Å². The molecule has 20 heavy (non-hydrogen) atoms. The third-order valence-corrected chi connectivity index (χ3v) is 4.50. The highest BCUT2D eigenvalue weighted by Crippen LogP contribution is 2.28. The summed E-state index contributed by atoms with van der Waals surface area (Å²) >= 11 is 0. The summed E-state index contributed by atoms with van der Waals surface area (Å²) in [5.41, 5.74) is 4.28. The van der Waals surface area contributed by atoms with Gasteiger partial charge in [0.05, 0.1) is 0 Å². The Bertz CT molecular complexity index is 414. The SMILES string of the molecule is CCCNCc1ccc(N2CCCCC2CC)cc1C. The number of anilines is 1. The predicted molar refractivity (Wildman–Crippen MR) is 88.5 cm³/mol. The molecule has 2 heteroatoms. The van der Waals surface area contributed by atoms with Crippen molar-refractivity contribution in [2.45, 2.75) is 65.5 Å². The van der Waals surface area contributed by atoms with E-state index in [1.165, 1.54) is 55.5 Å². The Labute approximate surface area is 124 Å². The van der Waals surface area contributed by atoms with Gasteiger partial charge in [0.15, 0.2) is 0 Å². The zero-order valence-electron chi connectivity index (χ0n) is 13.4. The molecule has 0 radical (unpaired) electrons. The van der Waals surface area contributed by atoms with Crippen LogP contribution in [0.3, 0.4) is 0 Å². The van der Waals surface area contributed by atoms with Gasteiger partial charge < -0.3 is 10.2 Å². The van der Waals surface area contributed by atoms with Crippen LogP contribution in [0.2, 0.25) is 0 Å². The molecule has 0 aliphatic carbocycles. The lowest BCUT2D eigenvalue weighted by molar-refractivity contribution is 0.450. The van der Waals surface area contributed by atoms with E-state index >= 15 is 0 Å². The first-order chi connectivity index (χ1) is 9.76. The predicted octanol–water partition coefficient (Wildman–Crippen LogP) is 4.26. The van der Waals surface area contributed by atoms with Gasteiger partial charge in [-0.15, -0.1) is 0 Å². The van der Waals surface area contributed by atoms with E-state index in [4.69, 9.17) is 0 Å². The quantitative estimate of drug-likeness (QED) is 0.780. The van der Waals surface area contributed by atoms with Crippen molar-refractivity contribution in [2.75, 3.05) is 18.0 Å². The molecule has 0 bridgehead atoms. The number of piperidine rings is 1. The summed E-state index contributed by atoms with van der Waals surface area (Å²) in [5, 5.41) is 3.50. The summed E-state index contributed by atoms with van der Waals surface area (Å²) in [6.45, 7) is 10.1. The van der Waals surface area contributed by atoms with Crippen LogP contribution in [-0.4, -0.2) is 19.1 Å². The van der Waals surface area contributed by atoms with Crippen LogP contribution in [-0.2, 0) is 6.54 Å². The van der Waals surface area contributed by atoms with E-state index in [-0.39, 0.29) is 0 Å². The summed E-state index contributed by atoms with van der Waals surface area (Å²) < 4.78 is 0. The van der Waals surface area contributed by atoms with Crippen molar-refractivity contribution >= 4 is 5.69 Å². The van der Waals surface area contributed by atoms with Gasteiger partial charge in [0.25, 0.3) is 0 Å². The number of hydrogen-bond donors (Lipinski definition) is 1. The van der Waals surface area contributed by atoms with Crippen LogP contribution in [0.25, 0.3) is 0 Å². The van der Waals surface area contributed by atoms with E-state index in [0.29, 0.717) is 0 Å². The molecule has 0 amide bonds. The summed E-state index contributed by atoms with van der Waals surface area (Å²) in [7, 11) is 0. The Morgan fingerprint density at radius 3 is 2.80 bits per heavy atom. The minimum atomic E-state index is 0.743. The molecular formula is C18H30N2. The van der Waals surface area contributed by atoms with Crippen molar-refractivity contribution in [2.24, 2.45) is 0 Å². The van der Waals surface area contributed by atoms with E-state index in [1.807, 2.05) is 0 Å². The van der Waals surface area contributed by atoms with Crippen molar-refractivity contribution in [1.29, 1.82) is 0 Å². The van der Waals surface area contributed by atoms with Gasteiger partial charge in [-0.2, -0.15) is 0 Å². The Hall–Kier alpha value is -1.02. The lowest BCUT2D eigenvalue weighted by Crippen LogP contribution is -2.39. The highest BCUT2D eigenvalue weighted by atomic mass is 15.2. The monoisotopic (exact) mass is 274 g/mol. The van der Waals surface area contributed by atoms with Gasteiger partial charge in [0.1, 0.15) is 0 Å². The summed E-state index contributed by atoms with van der Waals surface area (Å²) in [4.78, 5) is 2.62. The Balaban J connectivity index is 2.07. The van der Waals surface area contributed by atoms with Crippen LogP contribution in [0.1, 0.15) is 57.1 Å². The molecule has 1 atom stereocenters. The third kappa shape index (κ3) is 3.76. The minimum absolute atomic E-state index is 0.743. The Morgan fingerprint density at radius 1 is 1.25 bits per heavy atom. The van der Waals surface area contributed by atoms with Crippen LogP contribution in [0.15, 0.2) is 18.2 Å². The first-order valence-corrected chi connectivity index (χ1v) is 8.33. The summed E-state index contributed by atoms with van der Waals surface area (Å²) in [5.74, 6) is 0. The zero-order chi connectivity index (χ0) is 14.4. The molecule has 1 saturated heterocycles. The van der Waals surface area contributed by atoms with Crippen LogP contribution < -0.4 is 10.2 Å². The number of hydrogen-bond acceptors (Lipinski definition) is 2. The lowest BCUT2D eigenvalue weighted by Gasteiger charge is -2.37. The minimum Gasteiger partial charge on any atom is -0.369 e. The Kier molecular flexibility index (Phi) is 5.90. The molecule has 2 nitrogen and oxygen atoms in total. The van der Waals surface area contributed by atoms with Crippen molar-refractivity contribution in [1.82, 2.24) is 5.32 Å². The maximum Gasteiger partial charge on any atom is 0.0371 e. The average molecular weight is 274 g/mol. The molecule has 0 aromatic heterocycles. The molecule has 1 fully saturated rings. The first kappa shape index (κ1) is 15.4. The standard InChI is InChI=1S/C18H30N2/c1-4-11-19-14-16-9-10-18(13-15(16)3)20-12-7-6-8-17(20)5-2/h9-10,13,17,19H,4-8,11-12,14H2,1-3H3. The number of nitrogens with one attached hydrogen (secondary N) is 1. The van der Waals surface area contributed by atoms with E-state index < -0.39 is 0 Å². The molecule has 0 saturated carbocycles. The number of aryl methyl sites for hydroxylation is 1. The second kappa shape index (κ2) is 7.68. The highest BCUT2D eigenvalue weighted by Gasteiger charge is 2.21. The van der Waals surface area contributed by atoms with Crippen LogP contribution >= 0.6 is 0 Å². The number of nitrogens with zero attached hydrogens (tertiary/aromatic N) is 1. The maximum atomic E-state index is 3.50. The number of rotatable bonds is 6. The fourth-order valence-corrected chi connectivity index (χ4v) is 3.22. The van der Waals surface area contributed by atoms with Gasteiger partial charge >= 0.3 is 0 Å². The van der Waals surface area contributed by atoms with E-state index in [9.17, 15) is 0 Å². The topological polar surface area (TPSA) is 15.3 Å². The van der Waals surface area contributed by atoms with E-state index in [2.05, 4.69) is 49.2 Å². The van der Waals surface area contributed by atoms with Crippen molar-refractivity contribution < 1.29 is 0 Å². The molecule has 2 rings (SSSR count). The molecule has 112 valence electrons. The molecule has 1 aromatic rings. The fourth-order valence-electron chi connectivity index (χ4n) is 3.22. The van der Waals surface area contributed by atoms with Gasteiger partial charge in [0, 0.05) is 24.8 Å². The first-order valence-electron chi connectivity index (χ1n) is 8.33. The second-order valence-corrected chi connectivity index (χ2v) is 6.04. The van der Waals surface area contributed by atoms with Crippen molar-refractivity contribution in [3.63, 3.8) is 0 Å². The van der Waals surface area contributed by atoms with Crippen LogP contribution in [0.5, 0.6) is 0 Å². The molecule has 1 aliphatic rings. The Morgan fingerprint density at radius 2 is 2.10 bits per heavy atom. The molecule has 1 N–H and O–H groups in total. The van der Waals surface area contributed by atoms with Crippen LogP contribution in [0, 0.1) is 6.92 Å². The van der Waals surface area contributed by atoms with E-state index in [1.54, 1.807) is 0 Å². The molecule has 1 heterocycles. The average Bonchev–Trinajstić information content (AvgIpc) is 2.49. The molecular weight excluding hydrogens is 244 g/mol. The molecule has 0 spiro atoms. The highest BCUT2D eigenvalue weighted by molar-refractivity contribution is 5.52. The number of benzene rings is 1. The normalized spacial score (nSPS) is 19.4. The second-order valence-electron chi connectivity index (χ2n) is 6.04. The summed E-state index contributed by atoms with van der Waals surface area (Å²) in [6.07, 6.45) is 6.56. The lowest BCUT2D eigenvalue weighted by atomic mass is 9.98. The smallest absolute Gasteiger partial charge is 0.0371 e. The third-order valence-electron chi connectivity index (χ3n) is 4.50. The van der Waals surface area contributed by atoms with Gasteiger partial charge in [-0.25, -0.2) is 0 Å². The summed E-state index contributed by atoms with van der Waals surface area (Å²) in [6, 6.07) is 7.77. The molecule has 1 unspecified atom stereocenters. The van der Waals surface area contributed by atoms with Gasteiger partial charge in [0.2, 0.25) is 0 Å². The van der Waals surface area contributed by atoms with Crippen LogP contribution in [0.4, 0.5) is 5.69 Å². The fraction of sp³-hybridized carbons (Fsp3) is 0.667. The van der Waals surface area contributed by atoms with Crippen molar-refractivity contribution in [3.05, 3.63) is 29.3 Å². The molecule has 1 aliphatic heterocycles.